The van der Waals surface area contributed by atoms with E-state index in [0.717, 1.165) is 12.8 Å². The molecule has 0 radical (unpaired) electrons. The summed E-state index contributed by atoms with van der Waals surface area (Å²) in [6, 6.07) is -0.941. The van der Waals surface area contributed by atoms with Crippen LogP contribution in [0.25, 0.3) is 0 Å². The second kappa shape index (κ2) is 4.59. The van der Waals surface area contributed by atoms with Gasteiger partial charge in [0.05, 0.1) is 12.1 Å². The molecule has 1 amide bonds. The lowest BCUT2D eigenvalue weighted by Crippen LogP contribution is -2.43. The summed E-state index contributed by atoms with van der Waals surface area (Å²) in [7, 11) is 1.76. The number of amides is 1. The van der Waals surface area contributed by atoms with Gasteiger partial charge in [-0.2, -0.15) is 5.10 Å². The van der Waals surface area contributed by atoms with Crippen LogP contribution in [0.15, 0.2) is 12.4 Å². The summed E-state index contributed by atoms with van der Waals surface area (Å²) in [5.41, 5.74) is 6.68. The average Bonchev–Trinajstić information content (AvgIpc) is 3.10. The van der Waals surface area contributed by atoms with E-state index in [2.05, 4.69) is 5.10 Å². The van der Waals surface area contributed by atoms with Gasteiger partial charge in [0, 0.05) is 30.9 Å². The third-order valence-electron chi connectivity index (χ3n) is 4.46. The lowest BCUT2D eigenvalue weighted by molar-refractivity contribution is -0.143. The molecule has 3 N–H and O–H groups in total. The van der Waals surface area contributed by atoms with Crippen molar-refractivity contribution in [2.75, 3.05) is 0 Å². The monoisotopic (exact) mass is 278 g/mol. The van der Waals surface area contributed by atoms with Crippen LogP contribution in [-0.2, 0) is 16.6 Å². The van der Waals surface area contributed by atoms with Gasteiger partial charge in [0.15, 0.2) is 0 Å². The Morgan fingerprint density at radius 3 is 2.80 bits per heavy atom. The SMILES string of the molecule is Cn1cc(C(N)C(=O)N2C3CCC2C(C(=O)O)C3)cn1. The molecule has 1 aromatic heterocycles. The molecule has 7 nitrogen and oxygen atoms in total. The number of nitrogens with two attached hydrogens (primary N) is 1. The zero-order valence-corrected chi connectivity index (χ0v) is 11.3. The number of aliphatic carboxylic acids is 1. The second-order valence-corrected chi connectivity index (χ2v) is 5.65. The zero-order chi connectivity index (χ0) is 14.4. The number of carboxylic acid groups (broad SMARTS) is 1. The van der Waals surface area contributed by atoms with Crippen molar-refractivity contribution in [1.82, 2.24) is 14.7 Å². The highest BCUT2D eigenvalue weighted by Crippen LogP contribution is 2.42. The number of carbonyl (C=O) groups is 2. The Balaban J connectivity index is 1.80. The van der Waals surface area contributed by atoms with Gasteiger partial charge < -0.3 is 15.7 Å². The van der Waals surface area contributed by atoms with Crippen LogP contribution in [0.3, 0.4) is 0 Å². The highest BCUT2D eigenvalue weighted by molar-refractivity contribution is 5.85. The fraction of sp³-hybridized carbons (Fsp3) is 0.615. The van der Waals surface area contributed by atoms with Crippen molar-refractivity contribution in [2.24, 2.45) is 18.7 Å². The van der Waals surface area contributed by atoms with Gasteiger partial charge in [-0.1, -0.05) is 0 Å². The molecule has 108 valence electrons. The number of rotatable bonds is 3. The smallest absolute Gasteiger partial charge is 0.308 e. The minimum Gasteiger partial charge on any atom is -0.481 e. The molecule has 20 heavy (non-hydrogen) atoms. The van der Waals surface area contributed by atoms with Gasteiger partial charge in [-0.05, 0) is 19.3 Å². The number of carbonyl (C=O) groups excluding carboxylic acids is 1. The van der Waals surface area contributed by atoms with E-state index in [1.165, 1.54) is 0 Å². The maximum atomic E-state index is 12.6. The summed E-state index contributed by atoms with van der Waals surface area (Å²) >= 11 is 0. The van der Waals surface area contributed by atoms with Gasteiger partial charge in [0.2, 0.25) is 5.91 Å². The van der Waals surface area contributed by atoms with E-state index in [-0.39, 0.29) is 18.0 Å². The Morgan fingerprint density at radius 2 is 2.25 bits per heavy atom. The van der Waals surface area contributed by atoms with E-state index in [9.17, 15) is 14.7 Å². The van der Waals surface area contributed by atoms with E-state index in [1.54, 1.807) is 29.0 Å². The first-order chi connectivity index (χ1) is 9.49. The van der Waals surface area contributed by atoms with Crippen LogP contribution in [0, 0.1) is 5.92 Å². The maximum Gasteiger partial charge on any atom is 0.308 e. The second-order valence-electron chi connectivity index (χ2n) is 5.65. The van der Waals surface area contributed by atoms with E-state index < -0.39 is 17.9 Å². The molecule has 7 heteroatoms. The van der Waals surface area contributed by atoms with E-state index in [4.69, 9.17) is 5.73 Å². The first-order valence-corrected chi connectivity index (χ1v) is 6.78. The van der Waals surface area contributed by atoms with E-state index in [1.807, 2.05) is 0 Å². The van der Waals surface area contributed by atoms with Crippen LogP contribution < -0.4 is 5.73 Å². The third-order valence-corrected chi connectivity index (χ3v) is 4.46. The lowest BCUT2D eigenvalue weighted by Gasteiger charge is -2.25. The molecular weight excluding hydrogens is 260 g/mol. The first kappa shape index (κ1) is 13.1. The molecule has 1 aromatic rings. The molecule has 2 fully saturated rings. The molecule has 2 saturated heterocycles. The molecule has 0 spiro atoms. The molecule has 2 bridgehead atoms. The Labute approximate surface area is 116 Å². The largest absolute Gasteiger partial charge is 0.481 e. The molecule has 0 aliphatic carbocycles. The lowest BCUT2D eigenvalue weighted by atomic mass is 9.89. The molecular formula is C13H18N4O3. The predicted octanol–water partition coefficient (Wildman–Crippen LogP) is -0.116. The van der Waals surface area contributed by atoms with Gasteiger partial charge in [-0.25, -0.2) is 0 Å². The van der Waals surface area contributed by atoms with Gasteiger partial charge >= 0.3 is 5.97 Å². The highest BCUT2D eigenvalue weighted by atomic mass is 16.4. The molecule has 0 saturated carbocycles. The molecule has 2 aliphatic rings. The zero-order valence-electron chi connectivity index (χ0n) is 11.3. The maximum absolute atomic E-state index is 12.6. The fourth-order valence-corrected chi connectivity index (χ4v) is 3.50. The third kappa shape index (κ3) is 1.89. The Morgan fingerprint density at radius 1 is 1.50 bits per heavy atom. The number of aromatic nitrogens is 2. The molecule has 4 unspecified atom stereocenters. The molecule has 0 aromatic carbocycles. The number of nitrogens with zero attached hydrogens (tertiary/aromatic N) is 3. The standard InChI is InChI=1S/C13H18N4O3/c1-16-6-7(5-15-16)11(14)12(18)17-8-2-3-10(17)9(4-8)13(19)20/h5-6,8-11H,2-4,14H2,1H3,(H,19,20). The van der Waals surface area contributed by atoms with Crippen molar-refractivity contribution in [2.45, 2.75) is 37.4 Å². The summed E-state index contributed by atoms with van der Waals surface area (Å²) in [5, 5.41) is 13.2. The number of aryl methyl sites for hydroxylation is 1. The van der Waals surface area contributed by atoms with Crippen molar-refractivity contribution in [3.8, 4) is 0 Å². The molecule has 4 atom stereocenters. The summed E-state index contributed by atoms with van der Waals surface area (Å²) in [4.78, 5) is 25.5. The first-order valence-electron chi connectivity index (χ1n) is 6.78. The average molecular weight is 278 g/mol. The summed E-state index contributed by atoms with van der Waals surface area (Å²) in [6.07, 6.45) is 5.48. The molecule has 2 aliphatic heterocycles. The van der Waals surface area contributed by atoms with Gasteiger partial charge in [-0.15, -0.1) is 0 Å². The predicted molar refractivity (Wildman–Crippen MR) is 69.5 cm³/mol. The molecule has 3 rings (SSSR count). The van der Waals surface area contributed by atoms with Crippen LogP contribution >= 0.6 is 0 Å². The minimum absolute atomic E-state index is 0.0244. The fourth-order valence-electron chi connectivity index (χ4n) is 3.50. The van der Waals surface area contributed by atoms with Gasteiger partial charge in [0.1, 0.15) is 6.04 Å². The number of fused-ring (bicyclic) bond motifs is 2. The number of hydrogen-bond acceptors (Lipinski definition) is 4. The van der Waals surface area contributed by atoms with Crippen LogP contribution in [0.1, 0.15) is 30.9 Å². The Bertz CT molecular complexity index is 556. The Kier molecular flexibility index (Phi) is 3.01. The summed E-state index contributed by atoms with van der Waals surface area (Å²) in [5.74, 6) is -1.45. The minimum atomic E-state index is -0.815. The van der Waals surface area contributed by atoms with Gasteiger partial charge in [-0.3, -0.25) is 14.3 Å². The normalized spacial score (nSPS) is 29.7. The van der Waals surface area contributed by atoms with Crippen LogP contribution in [0.5, 0.6) is 0 Å². The summed E-state index contributed by atoms with van der Waals surface area (Å²) < 4.78 is 1.60. The summed E-state index contributed by atoms with van der Waals surface area (Å²) in [6.45, 7) is 0. The van der Waals surface area contributed by atoms with Crippen LogP contribution in [0.2, 0.25) is 0 Å². The number of hydrogen-bond donors (Lipinski definition) is 2. The van der Waals surface area contributed by atoms with E-state index >= 15 is 0 Å². The highest BCUT2D eigenvalue weighted by Gasteiger charge is 2.52. The van der Waals surface area contributed by atoms with E-state index in [0.29, 0.717) is 12.0 Å². The van der Waals surface area contributed by atoms with Crippen LogP contribution in [-0.4, -0.2) is 43.7 Å². The quantitative estimate of drug-likeness (QED) is 0.803. The van der Waals surface area contributed by atoms with Crippen molar-refractivity contribution < 1.29 is 14.7 Å². The number of carboxylic acids is 1. The topological polar surface area (TPSA) is 101 Å². The Hall–Kier alpha value is -1.89. The van der Waals surface area contributed by atoms with Crippen molar-refractivity contribution in [3.63, 3.8) is 0 Å². The molecule has 3 heterocycles. The van der Waals surface area contributed by atoms with Gasteiger partial charge in [0.25, 0.3) is 0 Å². The van der Waals surface area contributed by atoms with Crippen molar-refractivity contribution in [1.29, 1.82) is 0 Å². The van der Waals surface area contributed by atoms with Crippen molar-refractivity contribution in [3.05, 3.63) is 18.0 Å². The van der Waals surface area contributed by atoms with Crippen LogP contribution in [0.4, 0.5) is 0 Å². The van der Waals surface area contributed by atoms with Crippen molar-refractivity contribution >= 4 is 11.9 Å².